The van der Waals surface area contributed by atoms with E-state index in [1.165, 1.54) is 0 Å². The zero-order valence-corrected chi connectivity index (χ0v) is 16.9. The van der Waals surface area contributed by atoms with Gasteiger partial charge in [0, 0.05) is 22.3 Å². The van der Waals surface area contributed by atoms with Crippen LogP contribution < -0.4 is 20.7 Å². The van der Waals surface area contributed by atoms with E-state index in [4.69, 9.17) is 4.74 Å². The molecule has 5 nitrogen and oxygen atoms in total. The predicted molar refractivity (Wildman–Crippen MR) is 110 cm³/mol. The summed E-state index contributed by atoms with van der Waals surface area (Å²) in [6, 6.07) is 13.5. The fourth-order valence-electron chi connectivity index (χ4n) is 2.42. The van der Waals surface area contributed by atoms with Crippen molar-refractivity contribution in [2.75, 3.05) is 32.1 Å². The first-order valence-electron chi connectivity index (χ1n) is 8.71. The Morgan fingerprint density at radius 3 is 2.62 bits per heavy atom. The summed E-state index contributed by atoms with van der Waals surface area (Å²) in [7, 11) is 1.95. The van der Waals surface area contributed by atoms with E-state index < -0.39 is 0 Å². The standard InChI is InChI=1S/C20H26BrN3O2/c1-15-4-7-18(8-5-15)24-20(25)14-26-19-9-6-17(21)12-16(19)13-23-11-3-10-22-2/h4-9,12,22-23H,3,10-11,13-14H2,1-2H3,(H,24,25). The average Bonchev–Trinajstić information content (AvgIpc) is 2.63. The Hall–Kier alpha value is -1.89. The lowest BCUT2D eigenvalue weighted by Crippen LogP contribution is -2.22. The first-order valence-corrected chi connectivity index (χ1v) is 9.51. The predicted octanol–water partition coefficient (Wildman–Crippen LogP) is 3.47. The van der Waals surface area contributed by atoms with Gasteiger partial charge in [-0.1, -0.05) is 33.6 Å². The highest BCUT2D eigenvalue weighted by atomic mass is 79.9. The number of ether oxygens (including phenoxy) is 1. The summed E-state index contributed by atoms with van der Waals surface area (Å²) in [5.41, 5.74) is 2.94. The molecule has 0 saturated carbocycles. The highest BCUT2D eigenvalue weighted by Gasteiger charge is 2.08. The second-order valence-corrected chi connectivity index (χ2v) is 7.00. The van der Waals surface area contributed by atoms with Gasteiger partial charge in [0.05, 0.1) is 0 Å². The van der Waals surface area contributed by atoms with E-state index in [1.807, 2.05) is 56.4 Å². The Morgan fingerprint density at radius 1 is 1.12 bits per heavy atom. The van der Waals surface area contributed by atoms with Crippen LogP contribution in [0.25, 0.3) is 0 Å². The smallest absolute Gasteiger partial charge is 0.262 e. The summed E-state index contributed by atoms with van der Waals surface area (Å²) < 4.78 is 6.73. The number of aryl methyl sites for hydroxylation is 1. The van der Waals surface area contributed by atoms with Gasteiger partial charge in [0.25, 0.3) is 5.91 Å². The lowest BCUT2D eigenvalue weighted by Gasteiger charge is -2.13. The van der Waals surface area contributed by atoms with E-state index in [2.05, 4.69) is 31.9 Å². The number of carbonyl (C=O) groups is 1. The lowest BCUT2D eigenvalue weighted by molar-refractivity contribution is -0.118. The van der Waals surface area contributed by atoms with Crippen molar-refractivity contribution in [2.45, 2.75) is 19.9 Å². The van der Waals surface area contributed by atoms with Crippen LogP contribution in [0.4, 0.5) is 5.69 Å². The van der Waals surface area contributed by atoms with Crippen LogP contribution in [0.2, 0.25) is 0 Å². The number of carbonyl (C=O) groups excluding carboxylic acids is 1. The molecule has 0 aromatic heterocycles. The first-order chi connectivity index (χ1) is 12.6. The zero-order chi connectivity index (χ0) is 18.8. The second kappa shape index (κ2) is 11.0. The minimum Gasteiger partial charge on any atom is -0.483 e. The molecule has 0 radical (unpaired) electrons. The van der Waals surface area contributed by atoms with Gasteiger partial charge in [-0.3, -0.25) is 4.79 Å². The van der Waals surface area contributed by atoms with Gasteiger partial charge in [-0.25, -0.2) is 0 Å². The van der Waals surface area contributed by atoms with Crippen molar-refractivity contribution in [3.8, 4) is 5.75 Å². The molecular weight excluding hydrogens is 394 g/mol. The number of nitrogens with one attached hydrogen (secondary N) is 3. The van der Waals surface area contributed by atoms with Gasteiger partial charge >= 0.3 is 0 Å². The fourth-order valence-corrected chi connectivity index (χ4v) is 2.83. The maximum absolute atomic E-state index is 12.1. The minimum absolute atomic E-state index is 0.0255. The van der Waals surface area contributed by atoms with Crippen molar-refractivity contribution < 1.29 is 9.53 Å². The summed E-state index contributed by atoms with van der Waals surface area (Å²) in [5, 5.41) is 9.36. The number of halogens is 1. The molecule has 140 valence electrons. The van der Waals surface area contributed by atoms with Crippen LogP contribution in [-0.2, 0) is 11.3 Å². The maximum Gasteiger partial charge on any atom is 0.262 e. The highest BCUT2D eigenvalue weighted by molar-refractivity contribution is 9.10. The van der Waals surface area contributed by atoms with E-state index in [0.717, 1.165) is 40.8 Å². The van der Waals surface area contributed by atoms with Crippen LogP contribution in [0, 0.1) is 6.92 Å². The van der Waals surface area contributed by atoms with Gasteiger partial charge in [-0.05, 0) is 63.8 Å². The third kappa shape index (κ3) is 7.15. The normalized spacial score (nSPS) is 10.6. The molecule has 2 aromatic rings. The molecule has 2 aromatic carbocycles. The number of hydrogen-bond acceptors (Lipinski definition) is 4. The molecule has 0 heterocycles. The van der Waals surface area contributed by atoms with Crippen molar-refractivity contribution in [2.24, 2.45) is 0 Å². The fraction of sp³-hybridized carbons (Fsp3) is 0.350. The van der Waals surface area contributed by atoms with E-state index in [9.17, 15) is 4.79 Å². The third-order valence-corrected chi connectivity index (χ3v) is 4.31. The molecule has 0 aliphatic heterocycles. The van der Waals surface area contributed by atoms with Crippen LogP contribution in [0.3, 0.4) is 0 Å². The number of hydrogen-bond donors (Lipinski definition) is 3. The molecule has 0 saturated heterocycles. The second-order valence-electron chi connectivity index (χ2n) is 6.09. The molecule has 0 aliphatic carbocycles. The molecule has 0 bridgehead atoms. The lowest BCUT2D eigenvalue weighted by atomic mass is 10.2. The molecule has 0 fully saturated rings. The van der Waals surface area contributed by atoms with Crippen LogP contribution >= 0.6 is 15.9 Å². The quantitative estimate of drug-likeness (QED) is 0.515. The van der Waals surface area contributed by atoms with Crippen molar-refractivity contribution >= 4 is 27.5 Å². The van der Waals surface area contributed by atoms with E-state index in [1.54, 1.807) is 0 Å². The highest BCUT2D eigenvalue weighted by Crippen LogP contribution is 2.23. The zero-order valence-electron chi connectivity index (χ0n) is 15.3. The van der Waals surface area contributed by atoms with E-state index in [0.29, 0.717) is 12.3 Å². The van der Waals surface area contributed by atoms with Crippen LogP contribution in [-0.4, -0.2) is 32.7 Å². The first kappa shape index (κ1) is 20.4. The van der Waals surface area contributed by atoms with Gasteiger partial charge < -0.3 is 20.7 Å². The SMILES string of the molecule is CNCCCNCc1cc(Br)ccc1OCC(=O)Nc1ccc(C)cc1. The minimum atomic E-state index is -0.176. The number of amides is 1. The molecular formula is C20H26BrN3O2. The molecule has 0 unspecified atom stereocenters. The van der Waals surface area contributed by atoms with Crippen LogP contribution in [0.5, 0.6) is 5.75 Å². The van der Waals surface area contributed by atoms with Crippen molar-refractivity contribution in [1.82, 2.24) is 10.6 Å². The third-order valence-electron chi connectivity index (χ3n) is 3.81. The van der Waals surface area contributed by atoms with E-state index >= 15 is 0 Å². The molecule has 26 heavy (non-hydrogen) atoms. The molecule has 3 N–H and O–H groups in total. The largest absolute Gasteiger partial charge is 0.483 e. The average molecular weight is 420 g/mol. The Morgan fingerprint density at radius 2 is 1.88 bits per heavy atom. The summed E-state index contributed by atoms with van der Waals surface area (Å²) in [4.78, 5) is 12.1. The Labute approximate surface area is 163 Å². The summed E-state index contributed by atoms with van der Waals surface area (Å²) in [6.45, 7) is 4.58. The van der Waals surface area contributed by atoms with Crippen molar-refractivity contribution in [3.05, 3.63) is 58.1 Å². The van der Waals surface area contributed by atoms with Crippen LogP contribution in [0.1, 0.15) is 17.5 Å². The number of anilines is 1. The molecule has 0 aliphatic rings. The topological polar surface area (TPSA) is 62.4 Å². The maximum atomic E-state index is 12.1. The molecule has 0 atom stereocenters. The number of rotatable bonds is 10. The van der Waals surface area contributed by atoms with Gasteiger partial charge in [0.2, 0.25) is 0 Å². The molecule has 2 rings (SSSR count). The summed E-state index contributed by atoms with van der Waals surface area (Å²) in [6.07, 6.45) is 1.06. The molecule has 6 heteroatoms. The molecule has 0 spiro atoms. The van der Waals surface area contributed by atoms with Crippen molar-refractivity contribution in [1.29, 1.82) is 0 Å². The summed E-state index contributed by atoms with van der Waals surface area (Å²) >= 11 is 3.49. The van der Waals surface area contributed by atoms with Crippen LogP contribution in [0.15, 0.2) is 46.9 Å². The Balaban J connectivity index is 1.87. The van der Waals surface area contributed by atoms with Gasteiger partial charge in [-0.2, -0.15) is 0 Å². The van der Waals surface area contributed by atoms with Gasteiger partial charge in [0.15, 0.2) is 6.61 Å². The molecule has 1 amide bonds. The number of benzene rings is 2. The Kier molecular flexibility index (Phi) is 8.61. The van der Waals surface area contributed by atoms with E-state index in [-0.39, 0.29) is 12.5 Å². The monoisotopic (exact) mass is 419 g/mol. The van der Waals surface area contributed by atoms with Gasteiger partial charge in [0.1, 0.15) is 5.75 Å². The summed E-state index contributed by atoms with van der Waals surface area (Å²) in [5.74, 6) is 0.540. The van der Waals surface area contributed by atoms with Crippen molar-refractivity contribution in [3.63, 3.8) is 0 Å². The Bertz CT molecular complexity index is 705. The van der Waals surface area contributed by atoms with Gasteiger partial charge in [-0.15, -0.1) is 0 Å².